The van der Waals surface area contributed by atoms with Gasteiger partial charge in [-0.15, -0.1) is 0 Å². The minimum absolute atomic E-state index is 0.0686. The minimum Gasteiger partial charge on any atom is -0.484 e. The molecule has 1 aliphatic rings. The number of hydrogen-bond donors (Lipinski definition) is 0. The van der Waals surface area contributed by atoms with Crippen LogP contribution in [0.2, 0.25) is 0 Å². The van der Waals surface area contributed by atoms with Gasteiger partial charge in [0.1, 0.15) is 11.6 Å². The van der Waals surface area contributed by atoms with Gasteiger partial charge >= 0.3 is 0 Å². The van der Waals surface area contributed by atoms with E-state index < -0.39 is 0 Å². The number of ether oxygens (including phenoxy) is 1. The molecule has 0 bridgehead atoms. The van der Waals surface area contributed by atoms with Crippen molar-refractivity contribution in [1.82, 2.24) is 9.80 Å². The third-order valence-electron chi connectivity index (χ3n) is 5.08. The molecule has 1 heterocycles. The number of para-hydroxylation sites is 1. The van der Waals surface area contributed by atoms with Crippen LogP contribution in [0.1, 0.15) is 6.42 Å². The highest BCUT2D eigenvalue weighted by molar-refractivity contribution is 5.94. The van der Waals surface area contributed by atoms with E-state index in [4.69, 9.17) is 10.00 Å². The van der Waals surface area contributed by atoms with Crippen molar-refractivity contribution in [2.45, 2.75) is 6.42 Å². The van der Waals surface area contributed by atoms with Gasteiger partial charge in [-0.3, -0.25) is 14.5 Å². The zero-order chi connectivity index (χ0) is 22.1. The van der Waals surface area contributed by atoms with E-state index in [2.05, 4.69) is 6.07 Å². The van der Waals surface area contributed by atoms with Gasteiger partial charge in [-0.05, 0) is 36.4 Å². The Hall–Kier alpha value is -3.44. The van der Waals surface area contributed by atoms with Crippen LogP contribution in [-0.4, -0.2) is 67.5 Å². The standard InChI is InChI=1S/C23H25FN4O3/c24-19-7-9-21(10-8-19)31-18-23(30)27-15-13-26(14-16-27)17-22(29)28(12-4-11-25)20-5-2-1-3-6-20/h1-3,5-10H,4,12-18H2. The van der Waals surface area contributed by atoms with E-state index in [1.807, 2.05) is 35.2 Å². The lowest BCUT2D eigenvalue weighted by Gasteiger charge is -2.35. The van der Waals surface area contributed by atoms with E-state index in [0.717, 1.165) is 5.69 Å². The van der Waals surface area contributed by atoms with Crippen molar-refractivity contribution in [3.05, 3.63) is 60.4 Å². The number of nitrogens with zero attached hydrogens (tertiary/aromatic N) is 4. The van der Waals surface area contributed by atoms with E-state index >= 15 is 0 Å². The maximum atomic E-state index is 12.9. The normalized spacial score (nSPS) is 14.0. The quantitative estimate of drug-likeness (QED) is 0.650. The summed E-state index contributed by atoms with van der Waals surface area (Å²) in [6, 6.07) is 16.9. The molecule has 8 heteroatoms. The van der Waals surface area contributed by atoms with Gasteiger partial charge in [0.2, 0.25) is 5.91 Å². The lowest BCUT2D eigenvalue weighted by atomic mass is 10.2. The number of piperazine rings is 1. The first-order valence-electron chi connectivity index (χ1n) is 10.2. The highest BCUT2D eigenvalue weighted by Gasteiger charge is 2.25. The first-order chi connectivity index (χ1) is 15.1. The molecule has 0 atom stereocenters. The zero-order valence-electron chi connectivity index (χ0n) is 17.2. The summed E-state index contributed by atoms with van der Waals surface area (Å²) in [6.45, 7) is 2.63. The van der Waals surface area contributed by atoms with Crippen molar-refractivity contribution in [3.8, 4) is 11.8 Å². The summed E-state index contributed by atoms with van der Waals surface area (Å²) >= 11 is 0. The van der Waals surface area contributed by atoms with Crippen LogP contribution < -0.4 is 9.64 Å². The van der Waals surface area contributed by atoms with E-state index in [0.29, 0.717) is 38.5 Å². The van der Waals surface area contributed by atoms with Crippen molar-refractivity contribution in [2.75, 3.05) is 50.8 Å². The Morgan fingerprint density at radius 1 is 1.03 bits per heavy atom. The predicted molar refractivity (Wildman–Crippen MR) is 114 cm³/mol. The Morgan fingerprint density at radius 3 is 2.35 bits per heavy atom. The van der Waals surface area contributed by atoms with Crippen LogP contribution in [-0.2, 0) is 9.59 Å². The second-order valence-electron chi connectivity index (χ2n) is 7.19. The average Bonchev–Trinajstić information content (AvgIpc) is 2.80. The molecule has 3 rings (SSSR count). The number of rotatable bonds is 8. The second-order valence-corrected chi connectivity index (χ2v) is 7.19. The topological polar surface area (TPSA) is 76.9 Å². The Morgan fingerprint density at radius 2 is 1.71 bits per heavy atom. The van der Waals surface area contributed by atoms with E-state index in [-0.39, 0.29) is 37.2 Å². The largest absolute Gasteiger partial charge is 0.484 e. The zero-order valence-corrected chi connectivity index (χ0v) is 17.2. The minimum atomic E-state index is -0.359. The number of nitriles is 1. The molecule has 0 saturated carbocycles. The fourth-order valence-electron chi connectivity index (χ4n) is 3.37. The van der Waals surface area contributed by atoms with Crippen LogP contribution in [0.25, 0.3) is 0 Å². The number of amides is 2. The van der Waals surface area contributed by atoms with Gasteiger partial charge in [0.15, 0.2) is 6.61 Å². The molecule has 1 saturated heterocycles. The van der Waals surface area contributed by atoms with Crippen molar-refractivity contribution < 1.29 is 18.7 Å². The molecule has 2 aromatic carbocycles. The molecule has 0 N–H and O–H groups in total. The third kappa shape index (κ3) is 6.52. The summed E-state index contributed by atoms with van der Waals surface area (Å²) in [5.41, 5.74) is 0.773. The highest BCUT2D eigenvalue weighted by Crippen LogP contribution is 2.15. The van der Waals surface area contributed by atoms with Crippen LogP contribution in [0.4, 0.5) is 10.1 Å². The molecule has 0 unspecified atom stereocenters. The number of hydrogen-bond acceptors (Lipinski definition) is 5. The maximum absolute atomic E-state index is 12.9. The van der Waals surface area contributed by atoms with E-state index in [1.165, 1.54) is 24.3 Å². The first-order valence-corrected chi connectivity index (χ1v) is 10.2. The van der Waals surface area contributed by atoms with Crippen molar-refractivity contribution in [2.24, 2.45) is 0 Å². The van der Waals surface area contributed by atoms with Gasteiger partial charge in [-0.2, -0.15) is 5.26 Å². The summed E-state index contributed by atoms with van der Waals surface area (Å²) in [5, 5.41) is 8.91. The molecule has 162 valence electrons. The molecular formula is C23H25FN4O3. The van der Waals surface area contributed by atoms with E-state index in [9.17, 15) is 14.0 Å². The van der Waals surface area contributed by atoms with Crippen molar-refractivity contribution in [1.29, 1.82) is 5.26 Å². The summed E-state index contributed by atoms with van der Waals surface area (Å²) in [4.78, 5) is 30.6. The van der Waals surface area contributed by atoms with Crippen molar-refractivity contribution >= 4 is 17.5 Å². The molecule has 2 amide bonds. The number of halogens is 1. The second kappa shape index (κ2) is 11.1. The lowest BCUT2D eigenvalue weighted by Crippen LogP contribution is -2.52. The SMILES string of the molecule is N#CCCN(C(=O)CN1CCN(C(=O)COc2ccc(F)cc2)CC1)c1ccccc1. The number of carbonyl (C=O) groups excluding carboxylic acids is 2. The van der Waals surface area contributed by atoms with Gasteiger partial charge in [0.05, 0.1) is 19.0 Å². The van der Waals surface area contributed by atoms with Gasteiger partial charge in [-0.1, -0.05) is 18.2 Å². The van der Waals surface area contributed by atoms with Crippen LogP contribution in [0, 0.1) is 17.1 Å². The average molecular weight is 424 g/mol. The van der Waals surface area contributed by atoms with Gasteiger partial charge in [0, 0.05) is 38.4 Å². The van der Waals surface area contributed by atoms with Gasteiger partial charge < -0.3 is 14.5 Å². The monoisotopic (exact) mass is 424 g/mol. The van der Waals surface area contributed by atoms with Crippen LogP contribution in [0.15, 0.2) is 54.6 Å². The van der Waals surface area contributed by atoms with Crippen molar-refractivity contribution in [3.63, 3.8) is 0 Å². The smallest absolute Gasteiger partial charge is 0.260 e. The Kier molecular flexibility index (Phi) is 7.96. The number of benzene rings is 2. The molecule has 0 radical (unpaired) electrons. The molecule has 1 aliphatic heterocycles. The molecule has 7 nitrogen and oxygen atoms in total. The van der Waals surface area contributed by atoms with Gasteiger partial charge in [-0.25, -0.2) is 4.39 Å². The fourth-order valence-corrected chi connectivity index (χ4v) is 3.37. The Balaban J connectivity index is 1.47. The van der Waals surface area contributed by atoms with Crippen LogP contribution in [0.3, 0.4) is 0 Å². The Labute approximate surface area is 181 Å². The Bertz CT molecular complexity index is 907. The summed E-state index contributed by atoms with van der Waals surface area (Å²) in [5.74, 6) is -0.128. The molecule has 0 spiro atoms. The number of carbonyl (C=O) groups is 2. The van der Waals surface area contributed by atoms with Gasteiger partial charge in [0.25, 0.3) is 5.91 Å². The summed E-state index contributed by atoms with van der Waals surface area (Å²) in [6.07, 6.45) is 0.261. The first kappa shape index (κ1) is 22.2. The summed E-state index contributed by atoms with van der Waals surface area (Å²) < 4.78 is 18.4. The lowest BCUT2D eigenvalue weighted by molar-refractivity contribution is -0.135. The summed E-state index contributed by atoms with van der Waals surface area (Å²) in [7, 11) is 0. The van der Waals surface area contributed by atoms with E-state index in [1.54, 1.807) is 9.80 Å². The molecule has 2 aromatic rings. The highest BCUT2D eigenvalue weighted by atomic mass is 19.1. The molecule has 31 heavy (non-hydrogen) atoms. The van der Waals surface area contributed by atoms with Crippen LogP contribution in [0.5, 0.6) is 5.75 Å². The maximum Gasteiger partial charge on any atom is 0.260 e. The van der Waals surface area contributed by atoms with Crippen LogP contribution >= 0.6 is 0 Å². The predicted octanol–water partition coefficient (Wildman–Crippen LogP) is 2.30. The number of anilines is 1. The molecule has 0 aliphatic carbocycles. The molecule has 1 fully saturated rings. The molecular weight excluding hydrogens is 399 g/mol. The molecule has 0 aromatic heterocycles. The third-order valence-corrected chi connectivity index (χ3v) is 5.08. The fraction of sp³-hybridized carbons (Fsp3) is 0.348.